The molecule has 0 bridgehead atoms. The summed E-state index contributed by atoms with van der Waals surface area (Å²) >= 11 is 8.59. The lowest BCUT2D eigenvalue weighted by atomic mass is 10.1. The van der Waals surface area contributed by atoms with Gasteiger partial charge in [-0.15, -0.1) is 10.2 Å². The van der Waals surface area contributed by atoms with Crippen molar-refractivity contribution in [3.05, 3.63) is 41.1 Å². The maximum absolute atomic E-state index is 12.1. The zero-order chi connectivity index (χ0) is 15.5. The van der Waals surface area contributed by atoms with Crippen molar-refractivity contribution in [2.24, 2.45) is 0 Å². The fourth-order valence-electron chi connectivity index (χ4n) is 1.64. The number of hydrogen-bond acceptors (Lipinski definition) is 7. The molecule has 1 N–H and O–H groups in total. The molecule has 2 aromatic heterocycles. The number of aromatic nitrogens is 3. The number of nitrogens with zero attached hydrogens (tertiary/aromatic N) is 3. The first-order valence-corrected chi connectivity index (χ1v) is 8.49. The highest BCUT2D eigenvalue weighted by atomic mass is 35.5. The van der Waals surface area contributed by atoms with Crippen LogP contribution in [0.15, 0.2) is 39.2 Å². The molecule has 2 heterocycles. The van der Waals surface area contributed by atoms with Crippen LogP contribution in [-0.2, 0) is 0 Å². The Hall–Kier alpha value is -1.90. The zero-order valence-corrected chi connectivity index (χ0v) is 13.6. The normalized spacial score (nSPS) is 10.6. The smallest absolute Gasteiger partial charge is 0.296 e. The molecule has 0 unspecified atom stereocenters. The van der Waals surface area contributed by atoms with Crippen molar-refractivity contribution >= 4 is 45.7 Å². The summed E-state index contributed by atoms with van der Waals surface area (Å²) in [6.07, 6.45) is 1.89. The molecule has 22 heavy (non-hydrogen) atoms. The van der Waals surface area contributed by atoms with Gasteiger partial charge in [0.15, 0.2) is 4.34 Å². The molecule has 0 aliphatic heterocycles. The minimum atomic E-state index is -0.420. The van der Waals surface area contributed by atoms with E-state index in [1.54, 1.807) is 30.3 Å². The Balaban J connectivity index is 1.75. The van der Waals surface area contributed by atoms with Crippen molar-refractivity contribution in [3.8, 4) is 11.3 Å². The van der Waals surface area contributed by atoms with Gasteiger partial charge in [0, 0.05) is 16.7 Å². The van der Waals surface area contributed by atoms with Crippen LogP contribution in [0, 0.1) is 0 Å². The van der Waals surface area contributed by atoms with Crippen LogP contribution in [0.2, 0.25) is 5.02 Å². The van der Waals surface area contributed by atoms with Gasteiger partial charge in [-0.1, -0.05) is 52.0 Å². The predicted molar refractivity (Wildman–Crippen MR) is 86.6 cm³/mol. The van der Waals surface area contributed by atoms with Crippen molar-refractivity contribution in [3.63, 3.8) is 0 Å². The molecule has 0 atom stereocenters. The Bertz CT molecular complexity index is 800. The SMILES string of the molecule is CSc1nnc(NC(=O)c2cc(-c3ccc(Cl)cc3)no2)s1. The van der Waals surface area contributed by atoms with Crippen molar-refractivity contribution in [2.75, 3.05) is 11.6 Å². The molecular weight excluding hydrogens is 344 g/mol. The summed E-state index contributed by atoms with van der Waals surface area (Å²) in [5.74, 6) is -0.317. The molecule has 1 amide bonds. The van der Waals surface area contributed by atoms with Gasteiger partial charge in [0.1, 0.15) is 5.69 Å². The standard InChI is InChI=1S/C13H9ClN4O2S2/c1-21-13-17-16-12(22-13)15-11(19)10-6-9(18-20-10)7-2-4-8(14)5-3-7/h2-6H,1H3,(H,15,16,19). The number of nitrogens with one attached hydrogen (secondary N) is 1. The van der Waals surface area contributed by atoms with Crippen LogP contribution in [0.1, 0.15) is 10.6 Å². The van der Waals surface area contributed by atoms with E-state index in [-0.39, 0.29) is 5.76 Å². The summed E-state index contributed by atoms with van der Waals surface area (Å²) in [6, 6.07) is 8.66. The van der Waals surface area contributed by atoms with E-state index in [1.807, 2.05) is 6.26 Å². The lowest BCUT2D eigenvalue weighted by Gasteiger charge is -1.95. The molecule has 6 nitrogen and oxygen atoms in total. The van der Waals surface area contributed by atoms with Crippen LogP contribution in [0.3, 0.4) is 0 Å². The number of halogens is 1. The van der Waals surface area contributed by atoms with Crippen LogP contribution in [0.25, 0.3) is 11.3 Å². The van der Waals surface area contributed by atoms with Crippen LogP contribution in [0.5, 0.6) is 0 Å². The Labute approximate surface area is 138 Å². The summed E-state index contributed by atoms with van der Waals surface area (Å²) in [5.41, 5.74) is 1.37. The molecule has 9 heteroatoms. The number of benzene rings is 1. The third kappa shape index (κ3) is 3.29. The first-order chi connectivity index (χ1) is 10.7. The van der Waals surface area contributed by atoms with E-state index < -0.39 is 5.91 Å². The predicted octanol–water partition coefficient (Wildman–Crippen LogP) is 3.82. The van der Waals surface area contributed by atoms with Gasteiger partial charge >= 0.3 is 0 Å². The molecule has 3 rings (SSSR count). The average molecular weight is 353 g/mol. The van der Waals surface area contributed by atoms with E-state index in [1.165, 1.54) is 23.1 Å². The number of carbonyl (C=O) groups excluding carboxylic acids is 1. The second-order valence-corrected chi connectivity index (χ2v) is 6.58. The van der Waals surface area contributed by atoms with Gasteiger partial charge in [-0.2, -0.15) is 0 Å². The molecule has 0 fully saturated rings. The molecule has 1 aromatic carbocycles. The summed E-state index contributed by atoms with van der Waals surface area (Å²) in [6.45, 7) is 0. The maximum atomic E-state index is 12.1. The molecule has 0 radical (unpaired) electrons. The molecule has 0 saturated carbocycles. The first-order valence-electron chi connectivity index (χ1n) is 6.07. The first kappa shape index (κ1) is 15.0. The number of thioether (sulfide) groups is 1. The Morgan fingerprint density at radius 3 is 2.77 bits per heavy atom. The quantitative estimate of drug-likeness (QED) is 0.568. The lowest BCUT2D eigenvalue weighted by molar-refractivity contribution is 0.0988. The third-order valence-electron chi connectivity index (χ3n) is 2.68. The molecular formula is C13H9ClN4O2S2. The summed E-state index contributed by atoms with van der Waals surface area (Å²) in [7, 11) is 0. The Morgan fingerprint density at radius 2 is 2.09 bits per heavy atom. The minimum Gasteiger partial charge on any atom is -0.350 e. The second kappa shape index (κ2) is 6.47. The highest BCUT2D eigenvalue weighted by Gasteiger charge is 2.16. The molecule has 0 spiro atoms. The molecule has 3 aromatic rings. The van der Waals surface area contributed by atoms with Crippen LogP contribution >= 0.6 is 34.7 Å². The third-order valence-corrected chi connectivity index (χ3v) is 4.74. The van der Waals surface area contributed by atoms with Gasteiger partial charge in [0.25, 0.3) is 5.91 Å². The Morgan fingerprint density at radius 1 is 1.32 bits per heavy atom. The van der Waals surface area contributed by atoms with E-state index in [0.717, 1.165) is 9.90 Å². The van der Waals surface area contributed by atoms with E-state index >= 15 is 0 Å². The van der Waals surface area contributed by atoms with E-state index in [4.69, 9.17) is 16.1 Å². The van der Waals surface area contributed by atoms with Gasteiger partial charge in [-0.05, 0) is 18.4 Å². The van der Waals surface area contributed by atoms with Crippen molar-refractivity contribution in [1.82, 2.24) is 15.4 Å². The summed E-state index contributed by atoms with van der Waals surface area (Å²) in [5, 5.41) is 15.3. The van der Waals surface area contributed by atoms with Gasteiger partial charge in [-0.25, -0.2) is 0 Å². The van der Waals surface area contributed by atoms with Crippen molar-refractivity contribution < 1.29 is 9.32 Å². The number of rotatable bonds is 4. The topological polar surface area (TPSA) is 80.9 Å². The number of anilines is 1. The average Bonchev–Trinajstić information content (AvgIpc) is 3.17. The fraction of sp³-hybridized carbons (Fsp3) is 0.0769. The monoisotopic (exact) mass is 352 g/mol. The highest BCUT2D eigenvalue weighted by molar-refractivity contribution is 8.00. The van der Waals surface area contributed by atoms with Crippen LogP contribution in [-0.4, -0.2) is 27.5 Å². The zero-order valence-electron chi connectivity index (χ0n) is 11.2. The molecule has 0 aliphatic carbocycles. The van der Waals surface area contributed by atoms with Gasteiger partial charge in [0.05, 0.1) is 0 Å². The van der Waals surface area contributed by atoms with Gasteiger partial charge < -0.3 is 4.52 Å². The van der Waals surface area contributed by atoms with E-state index in [0.29, 0.717) is 15.8 Å². The van der Waals surface area contributed by atoms with Crippen molar-refractivity contribution in [2.45, 2.75) is 4.34 Å². The maximum Gasteiger partial charge on any atom is 0.296 e. The number of hydrogen-bond donors (Lipinski definition) is 1. The van der Waals surface area contributed by atoms with Gasteiger partial charge in [0.2, 0.25) is 10.9 Å². The highest BCUT2D eigenvalue weighted by Crippen LogP contribution is 2.25. The molecule has 0 aliphatic rings. The van der Waals surface area contributed by atoms with Gasteiger partial charge in [-0.3, -0.25) is 10.1 Å². The fourth-order valence-corrected chi connectivity index (χ4v) is 2.93. The summed E-state index contributed by atoms with van der Waals surface area (Å²) < 4.78 is 5.85. The largest absolute Gasteiger partial charge is 0.350 e. The van der Waals surface area contributed by atoms with Crippen LogP contribution in [0.4, 0.5) is 5.13 Å². The molecule has 0 saturated heterocycles. The number of carbonyl (C=O) groups is 1. The number of amides is 1. The lowest BCUT2D eigenvalue weighted by Crippen LogP contribution is -2.10. The van der Waals surface area contributed by atoms with E-state index in [9.17, 15) is 4.79 Å². The van der Waals surface area contributed by atoms with Crippen LogP contribution < -0.4 is 5.32 Å². The summed E-state index contributed by atoms with van der Waals surface area (Å²) in [4.78, 5) is 12.1. The second-order valence-electron chi connectivity index (χ2n) is 4.11. The van der Waals surface area contributed by atoms with E-state index in [2.05, 4.69) is 20.7 Å². The Kier molecular flexibility index (Phi) is 4.41. The minimum absolute atomic E-state index is 0.103. The molecule has 112 valence electrons. The van der Waals surface area contributed by atoms with Crippen molar-refractivity contribution in [1.29, 1.82) is 0 Å².